The summed E-state index contributed by atoms with van der Waals surface area (Å²) in [5.41, 5.74) is 3.31. The van der Waals surface area contributed by atoms with Gasteiger partial charge in [0.2, 0.25) is 5.91 Å². The van der Waals surface area contributed by atoms with Gasteiger partial charge in [-0.05, 0) is 49.3 Å². The fraction of sp³-hybridized carbons (Fsp3) is 0.533. The molecule has 1 aromatic carbocycles. The summed E-state index contributed by atoms with van der Waals surface area (Å²) in [7, 11) is 0. The largest absolute Gasteiger partial charge is 0.374 e. The number of amides is 1. The van der Waals surface area contributed by atoms with E-state index in [1.807, 2.05) is 12.1 Å². The molecule has 3 heteroatoms. The normalized spacial score (nSPS) is 28.0. The van der Waals surface area contributed by atoms with Crippen LogP contribution in [0.1, 0.15) is 49.3 Å². The molecule has 0 bridgehead atoms. The molecule has 94 valence electrons. The Labute approximate surface area is 107 Å². The summed E-state index contributed by atoms with van der Waals surface area (Å²) in [6.07, 6.45) is 5.65. The summed E-state index contributed by atoms with van der Waals surface area (Å²) >= 11 is 0. The van der Waals surface area contributed by atoms with Crippen molar-refractivity contribution in [3.63, 3.8) is 0 Å². The van der Waals surface area contributed by atoms with Crippen LogP contribution in [0.25, 0.3) is 0 Å². The molecule has 18 heavy (non-hydrogen) atoms. The summed E-state index contributed by atoms with van der Waals surface area (Å²) in [6, 6.07) is 6.20. The summed E-state index contributed by atoms with van der Waals surface area (Å²) in [5, 5.41) is 3.04. The smallest absolute Gasteiger partial charge is 0.235 e. The lowest BCUT2D eigenvalue weighted by atomic mass is 9.88. The van der Waals surface area contributed by atoms with Crippen LogP contribution in [0.5, 0.6) is 0 Å². The minimum atomic E-state index is -0.202. The van der Waals surface area contributed by atoms with Crippen LogP contribution in [-0.4, -0.2) is 12.5 Å². The molecule has 1 aliphatic carbocycles. The molecule has 1 saturated carbocycles. The van der Waals surface area contributed by atoms with Crippen molar-refractivity contribution in [1.29, 1.82) is 0 Å². The van der Waals surface area contributed by atoms with Gasteiger partial charge in [0.15, 0.2) is 0 Å². The van der Waals surface area contributed by atoms with Gasteiger partial charge in [-0.15, -0.1) is 0 Å². The zero-order valence-corrected chi connectivity index (χ0v) is 10.4. The number of nitrogens with one attached hydrogen (secondary N) is 1. The second kappa shape index (κ2) is 3.58. The Morgan fingerprint density at radius 3 is 2.89 bits per heavy atom. The molecule has 2 fully saturated rings. The van der Waals surface area contributed by atoms with Gasteiger partial charge < -0.3 is 10.1 Å². The number of rotatable bonds is 1. The third-order valence-corrected chi connectivity index (χ3v) is 4.53. The fourth-order valence-corrected chi connectivity index (χ4v) is 3.42. The van der Waals surface area contributed by atoms with E-state index in [0.29, 0.717) is 0 Å². The lowest BCUT2D eigenvalue weighted by Crippen LogP contribution is -2.21. The Kier molecular flexibility index (Phi) is 2.10. The zero-order chi connectivity index (χ0) is 12.2. The molecule has 3 aliphatic rings. The number of anilines is 1. The summed E-state index contributed by atoms with van der Waals surface area (Å²) in [6.45, 7) is 0.850. The van der Waals surface area contributed by atoms with Crippen molar-refractivity contribution in [2.45, 2.75) is 43.6 Å². The molecule has 0 radical (unpaired) electrons. The van der Waals surface area contributed by atoms with Gasteiger partial charge in [0.25, 0.3) is 0 Å². The molecule has 1 saturated heterocycles. The first-order valence-electron chi connectivity index (χ1n) is 6.88. The minimum absolute atomic E-state index is 0.193. The molecule has 0 aromatic heterocycles. The molecule has 1 N–H and O–H groups in total. The van der Waals surface area contributed by atoms with Crippen molar-refractivity contribution in [2.24, 2.45) is 0 Å². The van der Waals surface area contributed by atoms with E-state index in [9.17, 15) is 4.79 Å². The molecule has 4 rings (SSSR count). The fourth-order valence-electron chi connectivity index (χ4n) is 3.42. The first-order valence-corrected chi connectivity index (χ1v) is 6.88. The number of hydrogen-bond acceptors (Lipinski definition) is 2. The molecule has 2 aliphatic heterocycles. The van der Waals surface area contributed by atoms with Gasteiger partial charge in [-0.1, -0.05) is 12.1 Å². The van der Waals surface area contributed by atoms with E-state index < -0.39 is 0 Å². The lowest BCUT2D eigenvalue weighted by molar-refractivity contribution is -0.117. The third kappa shape index (κ3) is 1.31. The van der Waals surface area contributed by atoms with E-state index >= 15 is 0 Å². The molecule has 2 heterocycles. The highest BCUT2D eigenvalue weighted by Gasteiger charge is 2.57. The summed E-state index contributed by atoms with van der Waals surface area (Å²) in [4.78, 5) is 12.1. The highest BCUT2D eigenvalue weighted by molar-refractivity contribution is 6.08. The first kappa shape index (κ1) is 10.6. The Hall–Kier alpha value is -1.35. The average molecular weight is 243 g/mol. The zero-order valence-electron chi connectivity index (χ0n) is 10.4. The number of carbonyl (C=O) groups is 1. The highest BCUT2D eigenvalue weighted by atomic mass is 16.5. The molecule has 1 amide bonds. The Bertz CT molecular complexity index is 513. The van der Waals surface area contributed by atoms with Gasteiger partial charge in [0.1, 0.15) is 0 Å². The second-order valence-electron chi connectivity index (χ2n) is 5.66. The predicted molar refractivity (Wildman–Crippen MR) is 68.5 cm³/mol. The van der Waals surface area contributed by atoms with Crippen molar-refractivity contribution in [2.75, 3.05) is 11.9 Å². The topological polar surface area (TPSA) is 38.3 Å². The Morgan fingerprint density at radius 1 is 1.28 bits per heavy atom. The lowest BCUT2D eigenvalue weighted by Gasteiger charge is -2.25. The van der Waals surface area contributed by atoms with E-state index in [-0.39, 0.29) is 17.4 Å². The summed E-state index contributed by atoms with van der Waals surface area (Å²) in [5.74, 6) is 0.195. The standard InChI is InChI=1S/C15H17NO2/c17-14-15(7-8-15)13-10(4-3-5-11(13)16-14)12-6-1-2-9-18-12/h3-5,12H,1-2,6-9H2,(H,16,17). The van der Waals surface area contributed by atoms with Gasteiger partial charge >= 0.3 is 0 Å². The van der Waals surface area contributed by atoms with Gasteiger partial charge in [-0.3, -0.25) is 4.79 Å². The molecule has 1 atom stereocenters. The summed E-state index contributed by atoms with van der Waals surface area (Å²) < 4.78 is 5.91. The van der Waals surface area contributed by atoms with Crippen LogP contribution in [-0.2, 0) is 14.9 Å². The van der Waals surface area contributed by atoms with E-state index in [1.165, 1.54) is 17.5 Å². The number of benzene rings is 1. The van der Waals surface area contributed by atoms with Crippen molar-refractivity contribution in [3.8, 4) is 0 Å². The second-order valence-corrected chi connectivity index (χ2v) is 5.66. The molecule has 1 spiro atoms. The molecular formula is C15H17NO2. The maximum Gasteiger partial charge on any atom is 0.235 e. The third-order valence-electron chi connectivity index (χ3n) is 4.53. The SMILES string of the molecule is O=C1Nc2cccc(C3CCCCO3)c2C12CC2. The van der Waals surface area contributed by atoms with E-state index in [2.05, 4.69) is 11.4 Å². The van der Waals surface area contributed by atoms with Gasteiger partial charge in [-0.2, -0.15) is 0 Å². The van der Waals surface area contributed by atoms with E-state index in [1.54, 1.807) is 0 Å². The van der Waals surface area contributed by atoms with Gasteiger partial charge in [-0.25, -0.2) is 0 Å². The quantitative estimate of drug-likeness (QED) is 0.823. The van der Waals surface area contributed by atoms with Crippen LogP contribution < -0.4 is 5.32 Å². The van der Waals surface area contributed by atoms with Crippen molar-refractivity contribution in [3.05, 3.63) is 29.3 Å². The number of ether oxygens (including phenoxy) is 1. The maximum absolute atomic E-state index is 12.1. The van der Waals surface area contributed by atoms with Crippen LogP contribution in [0, 0.1) is 0 Å². The maximum atomic E-state index is 12.1. The van der Waals surface area contributed by atoms with Gasteiger partial charge in [0, 0.05) is 12.3 Å². The van der Waals surface area contributed by atoms with Crippen molar-refractivity contribution in [1.82, 2.24) is 0 Å². The molecular weight excluding hydrogens is 226 g/mol. The van der Waals surface area contributed by atoms with Crippen LogP contribution in [0.4, 0.5) is 5.69 Å². The van der Waals surface area contributed by atoms with Crippen LogP contribution in [0.2, 0.25) is 0 Å². The highest BCUT2D eigenvalue weighted by Crippen LogP contribution is 2.57. The Balaban J connectivity index is 1.81. The average Bonchev–Trinajstić information content (AvgIpc) is 3.15. The molecule has 3 nitrogen and oxygen atoms in total. The van der Waals surface area contributed by atoms with Crippen molar-refractivity contribution >= 4 is 11.6 Å². The van der Waals surface area contributed by atoms with Crippen LogP contribution >= 0.6 is 0 Å². The minimum Gasteiger partial charge on any atom is -0.374 e. The first-order chi connectivity index (χ1) is 8.81. The van der Waals surface area contributed by atoms with Crippen molar-refractivity contribution < 1.29 is 9.53 Å². The number of hydrogen-bond donors (Lipinski definition) is 1. The monoisotopic (exact) mass is 243 g/mol. The number of carbonyl (C=O) groups excluding carboxylic acids is 1. The van der Waals surface area contributed by atoms with Crippen LogP contribution in [0.3, 0.4) is 0 Å². The van der Waals surface area contributed by atoms with E-state index in [0.717, 1.165) is 38.0 Å². The van der Waals surface area contributed by atoms with E-state index in [4.69, 9.17) is 4.74 Å². The Morgan fingerprint density at radius 2 is 2.17 bits per heavy atom. The number of fused-ring (bicyclic) bond motifs is 2. The predicted octanol–water partition coefficient (Wildman–Crippen LogP) is 2.91. The molecule has 1 unspecified atom stereocenters. The van der Waals surface area contributed by atoms with Gasteiger partial charge in [0.05, 0.1) is 11.5 Å². The molecule has 1 aromatic rings. The van der Waals surface area contributed by atoms with Crippen LogP contribution in [0.15, 0.2) is 18.2 Å².